The van der Waals surface area contributed by atoms with Crippen LogP contribution in [-0.2, 0) is 26.2 Å². The first-order chi connectivity index (χ1) is 7.52. The van der Waals surface area contributed by atoms with E-state index in [0.29, 0.717) is 0 Å². The molecule has 0 aliphatic heterocycles. The average Bonchev–Trinajstić information content (AvgIpc) is 2.78. The normalized spacial score (nSPS) is 6.95. The van der Waals surface area contributed by atoms with Crippen LogP contribution in [0, 0.1) is 13.8 Å². The SMILES string of the molecule is CC(C)=[SiH].C[c-]1cccc1.C[c-]1cccc1.[Cl-].[Cl-].[Zr+4]. The molecule has 0 unspecified atom stereocenters. The molecule has 0 aliphatic rings. The number of hydrogen-bond donors (Lipinski definition) is 0. The van der Waals surface area contributed by atoms with Gasteiger partial charge < -0.3 is 24.8 Å². The minimum absolute atomic E-state index is 0. The summed E-state index contributed by atoms with van der Waals surface area (Å²) in [6.45, 7) is 8.26. The van der Waals surface area contributed by atoms with Gasteiger partial charge >= 0.3 is 26.2 Å². The van der Waals surface area contributed by atoms with Crippen LogP contribution in [0.3, 0.4) is 0 Å². The molecule has 0 nitrogen and oxygen atoms in total. The third-order valence-corrected chi connectivity index (χ3v) is 1.66. The van der Waals surface area contributed by atoms with Crippen molar-refractivity contribution in [3.8, 4) is 0 Å². The van der Waals surface area contributed by atoms with Gasteiger partial charge in [-0.05, 0) is 23.7 Å². The third-order valence-electron chi connectivity index (χ3n) is 1.66. The van der Waals surface area contributed by atoms with Gasteiger partial charge in [-0.1, -0.05) is 19.0 Å². The third kappa shape index (κ3) is 23.7. The van der Waals surface area contributed by atoms with Crippen molar-refractivity contribution in [2.75, 3.05) is 0 Å². The Kier molecular flexibility index (Phi) is 26.5. The predicted octanol–water partition coefficient (Wildman–Crippen LogP) is -2.47. The first kappa shape index (κ1) is 27.6. The molecule has 0 heterocycles. The van der Waals surface area contributed by atoms with Gasteiger partial charge in [0.15, 0.2) is 0 Å². The van der Waals surface area contributed by atoms with E-state index >= 15 is 0 Å². The first-order valence-corrected chi connectivity index (χ1v) is 6.02. The van der Waals surface area contributed by atoms with Crippen LogP contribution in [0.2, 0.25) is 0 Å². The molecule has 0 fully saturated rings. The molecular weight excluding hydrogens is 370 g/mol. The van der Waals surface area contributed by atoms with Crippen LogP contribution >= 0.6 is 0 Å². The summed E-state index contributed by atoms with van der Waals surface area (Å²) >= 11 is 0. The molecule has 2 rings (SSSR count). The summed E-state index contributed by atoms with van der Waals surface area (Å²) in [7, 11) is 2.57. The fourth-order valence-electron chi connectivity index (χ4n) is 0.940. The molecule has 0 aromatic heterocycles. The minimum Gasteiger partial charge on any atom is -1.00 e. The van der Waals surface area contributed by atoms with Crippen LogP contribution in [0.5, 0.6) is 0 Å². The summed E-state index contributed by atoms with van der Waals surface area (Å²) in [6.07, 6.45) is 0. The van der Waals surface area contributed by atoms with E-state index in [1.807, 2.05) is 38.1 Å². The topological polar surface area (TPSA) is 0 Å². The van der Waals surface area contributed by atoms with Crippen molar-refractivity contribution in [2.45, 2.75) is 27.7 Å². The van der Waals surface area contributed by atoms with Crippen LogP contribution in [0.4, 0.5) is 0 Å². The Labute approximate surface area is 152 Å². The predicted molar refractivity (Wildman–Crippen MR) is 77.0 cm³/mol. The van der Waals surface area contributed by atoms with Crippen molar-refractivity contribution in [1.82, 2.24) is 0 Å². The van der Waals surface area contributed by atoms with E-state index in [2.05, 4.69) is 48.0 Å². The largest absolute Gasteiger partial charge is 4.00 e. The molecule has 0 N–H and O–H groups in total. The fourth-order valence-corrected chi connectivity index (χ4v) is 0.940. The second-order valence-corrected chi connectivity index (χ2v) is 5.16. The molecule has 0 atom stereocenters. The van der Waals surface area contributed by atoms with Crippen molar-refractivity contribution >= 4 is 15.0 Å². The number of halogens is 2. The zero-order valence-electron chi connectivity index (χ0n) is 12.0. The molecule has 4 heteroatoms. The number of rotatable bonds is 0. The molecule has 19 heavy (non-hydrogen) atoms. The molecule has 0 spiro atoms. The van der Waals surface area contributed by atoms with Gasteiger partial charge in [-0.3, -0.25) is 0 Å². The van der Waals surface area contributed by atoms with E-state index in [0.717, 1.165) is 0 Å². The Morgan fingerprint density at radius 3 is 0.947 bits per heavy atom. The quantitative estimate of drug-likeness (QED) is 0.345. The summed E-state index contributed by atoms with van der Waals surface area (Å²) in [4.78, 5) is 0. The van der Waals surface area contributed by atoms with Crippen molar-refractivity contribution in [3.63, 3.8) is 0 Å². The number of aryl methyl sites for hydroxylation is 2. The summed E-state index contributed by atoms with van der Waals surface area (Å²) in [5, 5.41) is 1.33. The zero-order valence-corrected chi connectivity index (χ0v) is 17.1. The van der Waals surface area contributed by atoms with Crippen LogP contribution < -0.4 is 24.8 Å². The maximum absolute atomic E-state index is 2.57. The zero-order chi connectivity index (χ0) is 12.4. The van der Waals surface area contributed by atoms with Crippen molar-refractivity contribution < 1.29 is 51.0 Å². The maximum atomic E-state index is 2.57. The molecule has 0 saturated heterocycles. The second-order valence-electron chi connectivity index (χ2n) is 4.00. The van der Waals surface area contributed by atoms with Gasteiger partial charge in [-0.2, -0.15) is 35.4 Å². The fraction of sp³-hybridized carbons (Fsp3) is 0.267. The Hall–Kier alpha value is 0.250. The van der Waals surface area contributed by atoms with E-state index in [-0.39, 0.29) is 51.0 Å². The number of hydrogen-bond acceptors (Lipinski definition) is 0. The summed E-state index contributed by atoms with van der Waals surface area (Å²) < 4.78 is 0. The Bertz CT molecular complexity index is 331. The van der Waals surface area contributed by atoms with Crippen molar-refractivity contribution in [2.24, 2.45) is 0 Å². The van der Waals surface area contributed by atoms with Gasteiger partial charge in [-0.15, -0.1) is 0 Å². The van der Waals surface area contributed by atoms with Crippen LogP contribution in [0.25, 0.3) is 0 Å². The maximum Gasteiger partial charge on any atom is 4.00 e. The summed E-state index contributed by atoms with van der Waals surface area (Å²) in [5.41, 5.74) is 2.69. The molecule has 2 aromatic rings. The van der Waals surface area contributed by atoms with Crippen molar-refractivity contribution in [1.29, 1.82) is 0 Å². The van der Waals surface area contributed by atoms with E-state index < -0.39 is 0 Å². The van der Waals surface area contributed by atoms with Crippen LogP contribution in [-0.4, -0.2) is 15.0 Å². The molecule has 103 valence electrons. The van der Waals surface area contributed by atoms with Gasteiger partial charge in [0.1, 0.15) is 0 Å². The summed E-state index contributed by atoms with van der Waals surface area (Å²) in [5.74, 6) is 0. The molecular formula is C15H21Cl2SiZr. The molecule has 2 aromatic carbocycles. The van der Waals surface area contributed by atoms with E-state index in [1.165, 1.54) is 16.3 Å². The monoisotopic (exact) mass is 389 g/mol. The molecule has 0 bridgehead atoms. The van der Waals surface area contributed by atoms with E-state index in [4.69, 9.17) is 0 Å². The standard InChI is InChI=1S/2C6H7.C3H7Si.2ClH.Zr/c2*1-6-4-2-3-5-6;1-3(2)4;;;/h2*2-5H,1H3;4H,1-2H3;2*1H;/q2*-1;;;;+4/p-2. The molecule has 1 radical (unpaired) electrons. The van der Waals surface area contributed by atoms with Gasteiger partial charge in [0, 0.05) is 0 Å². The first-order valence-electron chi connectivity index (χ1n) is 5.44. The van der Waals surface area contributed by atoms with E-state index in [9.17, 15) is 0 Å². The second kappa shape index (κ2) is 18.2. The van der Waals surface area contributed by atoms with Gasteiger partial charge in [0.25, 0.3) is 0 Å². The van der Waals surface area contributed by atoms with Gasteiger partial charge in [0.2, 0.25) is 0 Å². The van der Waals surface area contributed by atoms with Gasteiger partial charge in [0.05, 0.1) is 0 Å². The smallest absolute Gasteiger partial charge is 1.00 e. The van der Waals surface area contributed by atoms with Gasteiger partial charge in [-0.25, -0.2) is 24.3 Å². The Morgan fingerprint density at radius 1 is 0.737 bits per heavy atom. The average molecular weight is 392 g/mol. The molecule has 0 aliphatic carbocycles. The molecule has 0 amide bonds. The minimum atomic E-state index is 0. The summed E-state index contributed by atoms with van der Waals surface area (Å²) in [6, 6.07) is 16.5. The van der Waals surface area contributed by atoms with E-state index in [1.54, 1.807) is 0 Å². The van der Waals surface area contributed by atoms with Crippen LogP contribution in [0.1, 0.15) is 25.0 Å². The molecule has 0 saturated carbocycles. The van der Waals surface area contributed by atoms with Crippen molar-refractivity contribution in [3.05, 3.63) is 59.7 Å². The van der Waals surface area contributed by atoms with Crippen LogP contribution in [0.15, 0.2) is 48.5 Å². The Morgan fingerprint density at radius 2 is 0.895 bits per heavy atom. The Balaban J connectivity index is -0.0000000842.